The monoisotopic (exact) mass is 196 g/mol. The molecule has 0 saturated carbocycles. The molecule has 0 radical (unpaired) electrons. The highest BCUT2D eigenvalue weighted by Gasteiger charge is 2.05. The summed E-state index contributed by atoms with van der Waals surface area (Å²) in [6.07, 6.45) is 6.14. The van der Waals surface area contributed by atoms with Gasteiger partial charge in [0.15, 0.2) is 0 Å². The van der Waals surface area contributed by atoms with E-state index in [2.05, 4.69) is 25.1 Å². The highest BCUT2D eigenvalue weighted by atomic mass is 16.1. The van der Waals surface area contributed by atoms with Crippen LogP contribution < -0.4 is 5.32 Å². The zero-order valence-corrected chi connectivity index (χ0v) is 9.34. The zero-order chi connectivity index (χ0) is 11.0. The topological polar surface area (TPSA) is 32.3 Å². The minimum Gasteiger partial charge on any atom is -0.344 e. The third kappa shape index (κ3) is 7.63. The summed E-state index contributed by atoms with van der Waals surface area (Å²) in [6.45, 7) is 6.03. The smallest absolute Gasteiger partial charge is 0.234 e. The number of nitrogens with zero attached hydrogens (tertiary/aromatic N) is 1. The molecule has 0 saturated heterocycles. The molecule has 0 heterocycles. The number of hydrogen-bond acceptors (Lipinski definition) is 2. The summed E-state index contributed by atoms with van der Waals surface area (Å²) in [7, 11) is 1.94. The molecule has 0 fully saturated rings. The largest absolute Gasteiger partial charge is 0.344 e. The lowest BCUT2D eigenvalue weighted by Crippen LogP contribution is -2.35. The fourth-order valence-electron chi connectivity index (χ4n) is 1.01. The second kappa shape index (κ2) is 7.40. The van der Waals surface area contributed by atoms with Crippen LogP contribution >= 0.6 is 0 Å². The molecular formula is C11H20N2O. The van der Waals surface area contributed by atoms with Crippen molar-refractivity contribution in [1.29, 1.82) is 0 Å². The Labute approximate surface area is 86.9 Å². The lowest BCUT2D eigenvalue weighted by atomic mass is 10.1. The Hall–Kier alpha value is -1.01. The minimum absolute atomic E-state index is 0.00536. The normalized spacial score (nSPS) is 10.3. The second-order valence-electron chi connectivity index (χ2n) is 3.90. The molecule has 0 aromatic rings. The number of amides is 1. The van der Waals surface area contributed by atoms with Crippen LogP contribution in [0.3, 0.4) is 0 Å². The summed E-state index contributed by atoms with van der Waals surface area (Å²) in [5.74, 6) is 3.04. The quantitative estimate of drug-likeness (QED) is 0.635. The Kier molecular flexibility index (Phi) is 6.87. The Morgan fingerprint density at radius 1 is 1.57 bits per heavy atom. The first-order chi connectivity index (χ1) is 6.56. The third-order valence-corrected chi connectivity index (χ3v) is 1.89. The van der Waals surface area contributed by atoms with E-state index in [-0.39, 0.29) is 5.91 Å². The Bertz CT molecular complexity index is 206. The second-order valence-corrected chi connectivity index (χ2v) is 3.90. The van der Waals surface area contributed by atoms with Gasteiger partial charge < -0.3 is 5.32 Å². The van der Waals surface area contributed by atoms with Crippen LogP contribution in [0.5, 0.6) is 0 Å². The van der Waals surface area contributed by atoms with Gasteiger partial charge in [0.2, 0.25) is 5.91 Å². The molecule has 0 aliphatic heterocycles. The van der Waals surface area contributed by atoms with Crippen molar-refractivity contribution in [2.45, 2.75) is 20.3 Å². The number of likely N-dealkylation sites (N-methyl/N-ethyl adjacent to an activating group) is 1. The Morgan fingerprint density at radius 3 is 2.71 bits per heavy atom. The number of rotatable bonds is 6. The molecule has 3 heteroatoms. The van der Waals surface area contributed by atoms with Gasteiger partial charge in [0.05, 0.1) is 13.1 Å². The van der Waals surface area contributed by atoms with Crippen molar-refractivity contribution < 1.29 is 4.79 Å². The molecule has 0 spiro atoms. The van der Waals surface area contributed by atoms with Crippen LogP contribution in [0.4, 0.5) is 0 Å². The standard InChI is InChI=1S/C11H20N2O/c1-5-7-12-11(14)9-13(4)8-6-10(2)3/h1,10H,6-9H2,2-4H3,(H,12,14). The van der Waals surface area contributed by atoms with Crippen molar-refractivity contribution in [3.63, 3.8) is 0 Å². The molecule has 0 rings (SSSR count). The Balaban J connectivity index is 3.56. The van der Waals surface area contributed by atoms with E-state index in [1.807, 2.05) is 11.9 Å². The molecule has 1 N–H and O–H groups in total. The molecule has 1 amide bonds. The number of hydrogen-bond donors (Lipinski definition) is 1. The van der Waals surface area contributed by atoms with E-state index in [1.54, 1.807) is 0 Å². The fraction of sp³-hybridized carbons (Fsp3) is 0.727. The zero-order valence-electron chi connectivity index (χ0n) is 9.34. The van der Waals surface area contributed by atoms with Crippen LogP contribution in [0.2, 0.25) is 0 Å². The van der Waals surface area contributed by atoms with Gasteiger partial charge in [0, 0.05) is 0 Å². The van der Waals surface area contributed by atoms with Crippen molar-refractivity contribution in [3.8, 4) is 12.3 Å². The lowest BCUT2D eigenvalue weighted by Gasteiger charge is -2.16. The maximum Gasteiger partial charge on any atom is 0.234 e. The van der Waals surface area contributed by atoms with Gasteiger partial charge in [0.1, 0.15) is 0 Å². The van der Waals surface area contributed by atoms with Gasteiger partial charge in [-0.2, -0.15) is 0 Å². The first kappa shape index (κ1) is 13.0. The van der Waals surface area contributed by atoms with Crippen LogP contribution in [0.1, 0.15) is 20.3 Å². The molecule has 14 heavy (non-hydrogen) atoms. The van der Waals surface area contributed by atoms with E-state index < -0.39 is 0 Å². The SMILES string of the molecule is C#CCNC(=O)CN(C)CCC(C)C. The molecule has 0 unspecified atom stereocenters. The number of terminal acetylenes is 1. The molecule has 0 aromatic carbocycles. The van der Waals surface area contributed by atoms with Gasteiger partial charge in [-0.05, 0) is 25.9 Å². The van der Waals surface area contributed by atoms with Gasteiger partial charge in [-0.3, -0.25) is 9.69 Å². The van der Waals surface area contributed by atoms with E-state index >= 15 is 0 Å². The van der Waals surface area contributed by atoms with E-state index in [0.717, 1.165) is 13.0 Å². The van der Waals surface area contributed by atoms with Crippen LogP contribution in [0.15, 0.2) is 0 Å². The van der Waals surface area contributed by atoms with Gasteiger partial charge in [0.25, 0.3) is 0 Å². The predicted molar refractivity (Wildman–Crippen MR) is 58.8 cm³/mol. The molecule has 80 valence electrons. The highest BCUT2D eigenvalue weighted by Crippen LogP contribution is 1.99. The van der Waals surface area contributed by atoms with Crippen LogP contribution in [-0.4, -0.2) is 37.5 Å². The van der Waals surface area contributed by atoms with Crippen LogP contribution in [-0.2, 0) is 4.79 Å². The van der Waals surface area contributed by atoms with Gasteiger partial charge in [-0.1, -0.05) is 19.8 Å². The number of carbonyl (C=O) groups is 1. The van der Waals surface area contributed by atoms with Crippen molar-refractivity contribution in [1.82, 2.24) is 10.2 Å². The molecule has 0 aromatic heterocycles. The summed E-state index contributed by atoms with van der Waals surface area (Å²) in [6, 6.07) is 0. The maximum absolute atomic E-state index is 11.2. The predicted octanol–water partition coefficient (Wildman–Crippen LogP) is 0.714. The maximum atomic E-state index is 11.2. The lowest BCUT2D eigenvalue weighted by molar-refractivity contribution is -0.121. The van der Waals surface area contributed by atoms with Crippen molar-refractivity contribution >= 4 is 5.91 Å². The van der Waals surface area contributed by atoms with E-state index in [0.29, 0.717) is 19.0 Å². The van der Waals surface area contributed by atoms with Gasteiger partial charge in [-0.25, -0.2) is 0 Å². The summed E-state index contributed by atoms with van der Waals surface area (Å²) >= 11 is 0. The van der Waals surface area contributed by atoms with Crippen molar-refractivity contribution in [3.05, 3.63) is 0 Å². The molecule has 0 aliphatic carbocycles. The summed E-state index contributed by atoms with van der Waals surface area (Å²) in [5, 5.41) is 2.63. The molecule has 0 bridgehead atoms. The first-order valence-electron chi connectivity index (χ1n) is 4.95. The molecule has 0 atom stereocenters. The molecular weight excluding hydrogens is 176 g/mol. The highest BCUT2D eigenvalue weighted by molar-refractivity contribution is 5.78. The average molecular weight is 196 g/mol. The first-order valence-corrected chi connectivity index (χ1v) is 4.95. The number of nitrogens with one attached hydrogen (secondary N) is 1. The van der Waals surface area contributed by atoms with E-state index in [9.17, 15) is 4.79 Å². The van der Waals surface area contributed by atoms with Crippen molar-refractivity contribution in [2.24, 2.45) is 5.92 Å². The Morgan fingerprint density at radius 2 is 2.21 bits per heavy atom. The average Bonchev–Trinajstić information content (AvgIpc) is 2.11. The summed E-state index contributed by atoms with van der Waals surface area (Å²) in [4.78, 5) is 13.2. The van der Waals surface area contributed by atoms with Crippen LogP contribution in [0.25, 0.3) is 0 Å². The molecule has 0 aliphatic rings. The summed E-state index contributed by atoms with van der Waals surface area (Å²) < 4.78 is 0. The van der Waals surface area contributed by atoms with Gasteiger partial charge >= 0.3 is 0 Å². The minimum atomic E-state index is -0.00536. The third-order valence-electron chi connectivity index (χ3n) is 1.89. The fourth-order valence-corrected chi connectivity index (χ4v) is 1.01. The van der Waals surface area contributed by atoms with E-state index in [4.69, 9.17) is 6.42 Å². The number of carbonyl (C=O) groups excluding carboxylic acids is 1. The van der Waals surface area contributed by atoms with Crippen LogP contribution in [0, 0.1) is 18.3 Å². The molecule has 3 nitrogen and oxygen atoms in total. The van der Waals surface area contributed by atoms with Gasteiger partial charge in [-0.15, -0.1) is 6.42 Å². The van der Waals surface area contributed by atoms with E-state index in [1.165, 1.54) is 0 Å². The van der Waals surface area contributed by atoms with Crippen molar-refractivity contribution in [2.75, 3.05) is 26.7 Å². The summed E-state index contributed by atoms with van der Waals surface area (Å²) in [5.41, 5.74) is 0.